The molecule has 0 aromatic heterocycles. The van der Waals surface area contributed by atoms with Crippen molar-refractivity contribution in [3.63, 3.8) is 0 Å². The molecule has 0 spiro atoms. The van der Waals surface area contributed by atoms with Crippen molar-refractivity contribution in [3.05, 3.63) is 99.6 Å². The van der Waals surface area contributed by atoms with Gasteiger partial charge in [-0.05, 0) is 29.8 Å². The van der Waals surface area contributed by atoms with Gasteiger partial charge in [-0.3, -0.25) is 19.3 Å². The number of carboxylic acids is 1. The number of rotatable bonds is 6. The Labute approximate surface area is 213 Å². The van der Waals surface area contributed by atoms with Crippen molar-refractivity contribution in [2.24, 2.45) is 0 Å². The number of imide groups is 1. The predicted molar refractivity (Wildman–Crippen MR) is 118 cm³/mol. The Morgan fingerprint density at radius 3 is 1.74 bits per heavy atom. The second-order valence-electron chi connectivity index (χ2n) is 8.24. The maximum absolute atomic E-state index is 14.5. The van der Waals surface area contributed by atoms with Crippen LogP contribution in [0.2, 0.25) is 0 Å². The van der Waals surface area contributed by atoms with Gasteiger partial charge in [0.25, 0.3) is 11.8 Å². The molecule has 0 saturated heterocycles. The van der Waals surface area contributed by atoms with Crippen LogP contribution in [0.25, 0.3) is 0 Å². The van der Waals surface area contributed by atoms with E-state index < -0.39 is 76.8 Å². The van der Waals surface area contributed by atoms with E-state index in [4.69, 9.17) is 5.11 Å². The Hall–Kier alpha value is -4.75. The molecule has 0 radical (unpaired) electrons. The number of benzene rings is 3. The van der Waals surface area contributed by atoms with Crippen LogP contribution in [0.1, 0.15) is 42.2 Å². The van der Waals surface area contributed by atoms with Crippen LogP contribution in [-0.2, 0) is 17.4 Å². The number of carboxylic acid groups (broad SMARTS) is 1. The fourth-order valence-electron chi connectivity index (χ4n) is 4.00. The van der Waals surface area contributed by atoms with Gasteiger partial charge in [0, 0.05) is 6.42 Å². The van der Waals surface area contributed by atoms with E-state index in [1.54, 1.807) is 0 Å². The number of amides is 3. The smallest absolute Gasteiger partial charge is 0.422 e. The summed E-state index contributed by atoms with van der Waals surface area (Å²) < 4.78 is 95.8. The molecule has 1 heterocycles. The number of alkyl halides is 3. The van der Waals surface area contributed by atoms with Gasteiger partial charge in [-0.15, -0.1) is 0 Å². The summed E-state index contributed by atoms with van der Waals surface area (Å²) in [6, 6.07) is 8.04. The van der Waals surface area contributed by atoms with Crippen LogP contribution < -0.4 is 5.32 Å². The van der Waals surface area contributed by atoms with Gasteiger partial charge in [-0.1, -0.05) is 24.3 Å². The zero-order chi connectivity index (χ0) is 28.8. The third-order valence-corrected chi connectivity index (χ3v) is 5.86. The first kappa shape index (κ1) is 27.3. The monoisotopic (exact) mass is 554 g/mol. The number of hydrogen-bond donors (Lipinski definition) is 2. The first-order valence-electron chi connectivity index (χ1n) is 10.8. The van der Waals surface area contributed by atoms with Gasteiger partial charge in [0.2, 0.25) is 5.91 Å². The predicted octanol–water partition coefficient (Wildman–Crippen LogP) is 4.81. The minimum atomic E-state index is -5.82. The quantitative estimate of drug-likeness (QED) is 0.259. The van der Waals surface area contributed by atoms with Crippen molar-refractivity contribution in [1.29, 1.82) is 0 Å². The highest BCUT2D eigenvalue weighted by molar-refractivity contribution is 6.23. The van der Waals surface area contributed by atoms with Gasteiger partial charge in [-0.2, -0.15) is 13.2 Å². The molecule has 1 atom stereocenters. The van der Waals surface area contributed by atoms with Crippen molar-refractivity contribution < 1.29 is 55.0 Å². The van der Waals surface area contributed by atoms with Gasteiger partial charge in [-0.25, -0.2) is 22.4 Å². The van der Waals surface area contributed by atoms with Crippen LogP contribution >= 0.6 is 0 Å². The number of hydrogen-bond acceptors (Lipinski definition) is 4. The van der Waals surface area contributed by atoms with Crippen LogP contribution in [0.5, 0.6) is 0 Å². The number of nitrogens with zero attached hydrogens (tertiary/aromatic N) is 1. The third kappa shape index (κ3) is 4.80. The summed E-state index contributed by atoms with van der Waals surface area (Å²) in [4.78, 5) is 50.7. The fraction of sp³-hybridized carbons (Fsp3) is 0.120. The maximum Gasteiger partial charge on any atom is 0.422 e. The zero-order valence-electron chi connectivity index (χ0n) is 19.1. The minimum Gasteiger partial charge on any atom is -0.478 e. The molecule has 39 heavy (non-hydrogen) atoms. The van der Waals surface area contributed by atoms with Gasteiger partial charge in [0.15, 0.2) is 23.3 Å². The summed E-state index contributed by atoms with van der Waals surface area (Å²) in [6.45, 7) is 0. The molecule has 0 aliphatic carbocycles. The van der Waals surface area contributed by atoms with E-state index in [1.807, 2.05) is 0 Å². The standard InChI is InChI=1S/C25H13F7N2O5/c26-16-15(25(30,31)32)17(27)19(29)20(18(16)28)33-21(35)14(9-10-5-7-11(8-6-10)24(38)39)34-22(36)12-3-1-2-4-13(12)23(34)37/h1-8,14H,9H2,(H,33,35)(H,38,39). The van der Waals surface area contributed by atoms with Gasteiger partial charge >= 0.3 is 12.1 Å². The summed E-state index contributed by atoms with van der Waals surface area (Å²) in [5, 5.41) is 10.5. The molecule has 1 aliphatic rings. The molecule has 3 amide bonds. The molecule has 7 nitrogen and oxygen atoms in total. The molecule has 14 heteroatoms. The van der Waals surface area contributed by atoms with E-state index in [-0.39, 0.29) is 22.3 Å². The summed E-state index contributed by atoms with van der Waals surface area (Å²) in [6.07, 6.45) is -6.39. The first-order valence-corrected chi connectivity index (χ1v) is 10.8. The first-order chi connectivity index (χ1) is 18.2. The van der Waals surface area contributed by atoms with Crippen LogP contribution in [0.15, 0.2) is 48.5 Å². The van der Waals surface area contributed by atoms with Crippen molar-refractivity contribution in [2.75, 3.05) is 5.32 Å². The normalized spacial score (nSPS) is 13.9. The summed E-state index contributed by atoms with van der Waals surface area (Å²) in [7, 11) is 0. The Bertz CT molecular complexity index is 1470. The molecule has 4 rings (SSSR count). The molecule has 202 valence electrons. The lowest BCUT2D eigenvalue weighted by Gasteiger charge is -2.26. The largest absolute Gasteiger partial charge is 0.478 e. The Morgan fingerprint density at radius 2 is 1.31 bits per heavy atom. The van der Waals surface area contributed by atoms with Gasteiger partial charge in [0.1, 0.15) is 17.3 Å². The second-order valence-corrected chi connectivity index (χ2v) is 8.24. The third-order valence-electron chi connectivity index (χ3n) is 5.86. The Balaban J connectivity index is 1.77. The molecular weight excluding hydrogens is 541 g/mol. The molecule has 0 saturated carbocycles. The lowest BCUT2D eigenvalue weighted by molar-refractivity contribution is -0.143. The second kappa shape index (κ2) is 9.85. The molecule has 1 aliphatic heterocycles. The molecule has 1 unspecified atom stereocenters. The van der Waals surface area contributed by atoms with Crippen LogP contribution in [-0.4, -0.2) is 39.7 Å². The topological polar surface area (TPSA) is 104 Å². The molecule has 2 N–H and O–H groups in total. The Kier molecular flexibility index (Phi) is 6.89. The van der Waals surface area contributed by atoms with E-state index in [0.717, 1.165) is 12.1 Å². The van der Waals surface area contributed by atoms with Crippen LogP contribution in [0, 0.1) is 23.3 Å². The highest BCUT2D eigenvalue weighted by Crippen LogP contribution is 2.38. The van der Waals surface area contributed by atoms with Crippen molar-refractivity contribution in [1.82, 2.24) is 4.90 Å². The summed E-state index contributed by atoms with van der Waals surface area (Å²) >= 11 is 0. The zero-order valence-corrected chi connectivity index (χ0v) is 19.1. The lowest BCUT2D eigenvalue weighted by atomic mass is 10.0. The highest BCUT2D eigenvalue weighted by Gasteiger charge is 2.45. The molecular formula is C25H13F7N2O5. The van der Waals surface area contributed by atoms with Crippen molar-refractivity contribution in [3.8, 4) is 0 Å². The maximum atomic E-state index is 14.5. The average molecular weight is 554 g/mol. The summed E-state index contributed by atoms with van der Waals surface area (Å²) in [5.74, 6) is -15.7. The minimum absolute atomic E-state index is 0.134. The molecule has 0 fully saturated rings. The van der Waals surface area contributed by atoms with E-state index in [2.05, 4.69) is 0 Å². The number of nitrogens with one attached hydrogen (secondary N) is 1. The number of carbonyl (C=O) groups is 4. The summed E-state index contributed by atoms with van der Waals surface area (Å²) in [5.41, 5.74) is -5.06. The van der Waals surface area contributed by atoms with Crippen LogP contribution in [0.3, 0.4) is 0 Å². The highest BCUT2D eigenvalue weighted by atomic mass is 19.4. The van der Waals surface area contributed by atoms with Crippen LogP contribution in [0.4, 0.5) is 36.4 Å². The van der Waals surface area contributed by atoms with E-state index in [0.29, 0.717) is 4.90 Å². The Morgan fingerprint density at radius 1 is 0.821 bits per heavy atom. The van der Waals surface area contributed by atoms with Crippen molar-refractivity contribution >= 4 is 29.4 Å². The fourth-order valence-corrected chi connectivity index (χ4v) is 4.00. The van der Waals surface area contributed by atoms with E-state index in [1.165, 1.54) is 41.7 Å². The number of carbonyl (C=O) groups excluding carboxylic acids is 3. The number of fused-ring (bicyclic) bond motifs is 1. The van der Waals surface area contributed by atoms with E-state index in [9.17, 15) is 49.9 Å². The van der Waals surface area contributed by atoms with Gasteiger partial charge < -0.3 is 10.4 Å². The van der Waals surface area contributed by atoms with Crippen molar-refractivity contribution in [2.45, 2.75) is 18.6 Å². The molecule has 3 aromatic rings. The molecule has 0 bridgehead atoms. The van der Waals surface area contributed by atoms with E-state index >= 15 is 0 Å². The van der Waals surface area contributed by atoms with Gasteiger partial charge in [0.05, 0.1) is 16.7 Å². The number of aromatic carboxylic acids is 1. The lowest BCUT2D eigenvalue weighted by Crippen LogP contribution is -2.48. The average Bonchev–Trinajstić information content (AvgIpc) is 3.13. The number of halogens is 7. The SMILES string of the molecule is O=C(O)c1ccc(CC(C(=O)Nc2c(F)c(F)c(C(F)(F)F)c(F)c2F)N2C(=O)c3ccccc3C2=O)cc1. The molecule has 3 aromatic carbocycles. The number of anilines is 1.